The van der Waals surface area contributed by atoms with Gasteiger partial charge in [0, 0.05) is 20.6 Å². The summed E-state index contributed by atoms with van der Waals surface area (Å²) in [5.74, 6) is 0. The lowest BCUT2D eigenvalue weighted by Crippen LogP contribution is -2.43. The molecule has 4 heteroatoms. The second kappa shape index (κ2) is 6.01. The maximum atomic E-state index is 10.5. The van der Waals surface area contributed by atoms with Crippen LogP contribution in [0.4, 0.5) is 0 Å². The van der Waals surface area contributed by atoms with Gasteiger partial charge >= 0.3 is 0 Å². The molecular weight excluding hydrogens is 244 g/mol. The zero-order chi connectivity index (χ0) is 13.9. The van der Waals surface area contributed by atoms with Gasteiger partial charge in [-0.05, 0) is 24.5 Å². The van der Waals surface area contributed by atoms with E-state index >= 15 is 0 Å². The Balaban J connectivity index is 2.16. The molecule has 1 heterocycles. The van der Waals surface area contributed by atoms with Crippen molar-refractivity contribution in [2.45, 2.75) is 37.8 Å². The molecule has 0 saturated heterocycles. The zero-order valence-corrected chi connectivity index (χ0v) is 11.8. The highest BCUT2D eigenvalue weighted by Gasteiger charge is 2.37. The van der Waals surface area contributed by atoms with Gasteiger partial charge in [-0.2, -0.15) is 0 Å². The maximum Gasteiger partial charge on any atom is 0.185 e. The zero-order valence-electron chi connectivity index (χ0n) is 11.8. The fourth-order valence-corrected chi connectivity index (χ4v) is 2.72. The lowest BCUT2D eigenvalue weighted by molar-refractivity contribution is -0.219. The molecule has 0 aromatic heterocycles. The molecule has 1 aliphatic heterocycles. The number of rotatable bonds is 5. The molecule has 2 rings (SSSR count). The molecule has 0 saturated carbocycles. The fourth-order valence-electron chi connectivity index (χ4n) is 2.72. The van der Waals surface area contributed by atoms with E-state index in [1.165, 1.54) is 19.8 Å². The second-order valence-corrected chi connectivity index (χ2v) is 5.17. The van der Waals surface area contributed by atoms with Gasteiger partial charge < -0.3 is 19.3 Å². The highest BCUT2D eigenvalue weighted by Crippen LogP contribution is 2.35. The van der Waals surface area contributed by atoms with Crippen molar-refractivity contribution in [1.29, 1.82) is 0 Å². The normalized spacial score (nSPS) is 22.1. The molecule has 0 amide bonds. The standard InChI is InChI=1S/C15H22O4/c1-15(16,14(17-2)18-3)10-13-12-7-5-4-6-11(12)8-9-19-13/h4-7,13-14,16H,8-10H2,1-3H3. The minimum absolute atomic E-state index is 0.118. The Morgan fingerprint density at radius 3 is 2.74 bits per heavy atom. The molecule has 2 atom stereocenters. The van der Waals surface area contributed by atoms with Gasteiger partial charge in [0.15, 0.2) is 6.29 Å². The summed E-state index contributed by atoms with van der Waals surface area (Å²) in [5, 5.41) is 10.5. The number of benzene rings is 1. The molecule has 19 heavy (non-hydrogen) atoms. The van der Waals surface area contributed by atoms with Crippen molar-refractivity contribution in [1.82, 2.24) is 0 Å². The summed E-state index contributed by atoms with van der Waals surface area (Å²) in [5.41, 5.74) is 1.35. The molecule has 1 N–H and O–H groups in total. The van der Waals surface area contributed by atoms with Crippen LogP contribution in [-0.4, -0.2) is 37.8 Å². The van der Waals surface area contributed by atoms with Crippen LogP contribution in [0.5, 0.6) is 0 Å². The molecule has 4 nitrogen and oxygen atoms in total. The third-order valence-electron chi connectivity index (χ3n) is 3.63. The Labute approximate surface area is 114 Å². The average molecular weight is 266 g/mol. The van der Waals surface area contributed by atoms with E-state index in [0.29, 0.717) is 13.0 Å². The minimum Gasteiger partial charge on any atom is -0.385 e. The van der Waals surface area contributed by atoms with E-state index in [2.05, 4.69) is 12.1 Å². The van der Waals surface area contributed by atoms with Gasteiger partial charge in [-0.25, -0.2) is 0 Å². The number of hydrogen-bond donors (Lipinski definition) is 1. The summed E-state index contributed by atoms with van der Waals surface area (Å²) in [7, 11) is 3.05. The summed E-state index contributed by atoms with van der Waals surface area (Å²) in [6.45, 7) is 2.40. The van der Waals surface area contributed by atoms with E-state index < -0.39 is 11.9 Å². The van der Waals surface area contributed by atoms with Crippen LogP contribution in [0.3, 0.4) is 0 Å². The van der Waals surface area contributed by atoms with Crippen LogP contribution in [0.15, 0.2) is 24.3 Å². The third kappa shape index (κ3) is 3.15. The van der Waals surface area contributed by atoms with Crippen molar-refractivity contribution >= 4 is 0 Å². The topological polar surface area (TPSA) is 47.9 Å². The average Bonchev–Trinajstić information content (AvgIpc) is 2.40. The Hall–Kier alpha value is -0.940. The summed E-state index contributed by atoms with van der Waals surface area (Å²) in [6.07, 6.45) is 0.585. The van der Waals surface area contributed by atoms with E-state index in [1.54, 1.807) is 6.92 Å². The van der Waals surface area contributed by atoms with Gasteiger partial charge in [-0.3, -0.25) is 0 Å². The quantitative estimate of drug-likeness (QED) is 0.829. The van der Waals surface area contributed by atoms with Crippen molar-refractivity contribution < 1.29 is 19.3 Å². The van der Waals surface area contributed by atoms with Gasteiger partial charge in [0.25, 0.3) is 0 Å². The van der Waals surface area contributed by atoms with Crippen molar-refractivity contribution in [2.75, 3.05) is 20.8 Å². The Morgan fingerprint density at radius 2 is 2.05 bits per heavy atom. The first-order valence-electron chi connectivity index (χ1n) is 6.56. The summed E-state index contributed by atoms with van der Waals surface area (Å²) >= 11 is 0. The number of aliphatic hydroxyl groups is 1. The predicted molar refractivity (Wildman–Crippen MR) is 71.9 cm³/mol. The van der Waals surface area contributed by atoms with Crippen molar-refractivity contribution in [3.63, 3.8) is 0 Å². The van der Waals surface area contributed by atoms with Crippen LogP contribution in [0.25, 0.3) is 0 Å². The molecule has 1 aliphatic rings. The Kier molecular flexibility index (Phi) is 4.58. The molecular formula is C15H22O4. The SMILES string of the molecule is COC(OC)C(C)(O)CC1OCCc2ccccc21. The van der Waals surface area contributed by atoms with E-state index in [1.807, 2.05) is 12.1 Å². The van der Waals surface area contributed by atoms with Gasteiger partial charge in [-0.15, -0.1) is 0 Å². The molecule has 0 aliphatic carbocycles. The number of ether oxygens (including phenoxy) is 3. The Bertz CT molecular complexity index is 412. The van der Waals surface area contributed by atoms with E-state index in [-0.39, 0.29) is 6.10 Å². The van der Waals surface area contributed by atoms with Crippen LogP contribution >= 0.6 is 0 Å². The van der Waals surface area contributed by atoms with Crippen LogP contribution in [0.1, 0.15) is 30.6 Å². The number of fused-ring (bicyclic) bond motifs is 1. The molecule has 1 aromatic rings. The lowest BCUT2D eigenvalue weighted by Gasteiger charge is -2.35. The van der Waals surface area contributed by atoms with Gasteiger partial charge in [0.05, 0.1) is 12.7 Å². The molecule has 1 aromatic carbocycles. The second-order valence-electron chi connectivity index (χ2n) is 5.17. The van der Waals surface area contributed by atoms with Crippen molar-refractivity contribution in [2.24, 2.45) is 0 Å². The van der Waals surface area contributed by atoms with E-state index in [0.717, 1.165) is 12.0 Å². The van der Waals surface area contributed by atoms with E-state index in [9.17, 15) is 5.11 Å². The maximum absolute atomic E-state index is 10.5. The van der Waals surface area contributed by atoms with Crippen molar-refractivity contribution in [3.05, 3.63) is 35.4 Å². The van der Waals surface area contributed by atoms with Crippen LogP contribution in [0, 0.1) is 0 Å². The first kappa shape index (κ1) is 14.5. The van der Waals surface area contributed by atoms with Gasteiger partial charge in [0.1, 0.15) is 5.60 Å². The molecule has 2 unspecified atom stereocenters. The number of methoxy groups -OCH3 is 2. The molecule has 0 fully saturated rings. The van der Waals surface area contributed by atoms with Crippen LogP contribution in [0.2, 0.25) is 0 Å². The Morgan fingerprint density at radius 1 is 1.37 bits per heavy atom. The fraction of sp³-hybridized carbons (Fsp3) is 0.600. The van der Waals surface area contributed by atoms with Gasteiger partial charge in [-0.1, -0.05) is 24.3 Å². The molecule has 0 spiro atoms. The molecule has 0 bridgehead atoms. The first-order chi connectivity index (χ1) is 9.08. The minimum atomic E-state index is -1.10. The summed E-state index contributed by atoms with van der Waals surface area (Å²) < 4.78 is 16.1. The van der Waals surface area contributed by atoms with Gasteiger partial charge in [0.2, 0.25) is 0 Å². The predicted octanol–water partition coefficient (Wildman–Crippen LogP) is 2.06. The largest absolute Gasteiger partial charge is 0.385 e. The third-order valence-corrected chi connectivity index (χ3v) is 3.63. The first-order valence-corrected chi connectivity index (χ1v) is 6.56. The van der Waals surface area contributed by atoms with Crippen molar-refractivity contribution in [3.8, 4) is 0 Å². The monoisotopic (exact) mass is 266 g/mol. The van der Waals surface area contributed by atoms with E-state index in [4.69, 9.17) is 14.2 Å². The lowest BCUT2D eigenvalue weighted by atomic mass is 9.89. The summed E-state index contributed by atoms with van der Waals surface area (Å²) in [4.78, 5) is 0. The van der Waals surface area contributed by atoms with Crippen LogP contribution in [-0.2, 0) is 20.6 Å². The smallest absolute Gasteiger partial charge is 0.185 e. The number of hydrogen-bond acceptors (Lipinski definition) is 4. The highest BCUT2D eigenvalue weighted by atomic mass is 16.7. The molecule has 0 radical (unpaired) electrons. The summed E-state index contributed by atoms with van der Waals surface area (Å²) in [6, 6.07) is 8.21. The molecule has 106 valence electrons. The highest BCUT2D eigenvalue weighted by molar-refractivity contribution is 5.31. The van der Waals surface area contributed by atoms with Crippen LogP contribution < -0.4 is 0 Å².